The van der Waals surface area contributed by atoms with Gasteiger partial charge in [-0.05, 0) is 6.92 Å². The Morgan fingerprint density at radius 3 is 2.94 bits per heavy atom. The van der Waals surface area contributed by atoms with E-state index in [9.17, 15) is 9.59 Å². The van der Waals surface area contributed by atoms with Crippen LogP contribution in [0.15, 0.2) is 15.8 Å². The van der Waals surface area contributed by atoms with Crippen LogP contribution in [0.1, 0.15) is 18.2 Å². The predicted molar refractivity (Wildman–Crippen MR) is 60.7 cm³/mol. The lowest BCUT2D eigenvalue weighted by molar-refractivity contribution is -0.0630. The average molecular weight is 257 g/mol. The molecule has 3 atom stereocenters. The normalized spacial score (nSPS) is 27.6. The van der Waals surface area contributed by atoms with Crippen molar-refractivity contribution in [1.29, 1.82) is 0 Å². The number of aliphatic hydroxyl groups is 1. The average Bonchev–Trinajstić information content (AvgIpc) is 2.76. The van der Waals surface area contributed by atoms with Crippen molar-refractivity contribution >= 4 is 0 Å². The van der Waals surface area contributed by atoms with Crippen molar-refractivity contribution in [3.05, 3.63) is 32.6 Å². The van der Waals surface area contributed by atoms with Crippen LogP contribution in [0, 0.1) is 6.92 Å². The second-order valence-corrected chi connectivity index (χ2v) is 4.20. The van der Waals surface area contributed by atoms with E-state index >= 15 is 0 Å². The lowest BCUT2D eigenvalue weighted by atomic mass is 10.2. The first-order valence-electron chi connectivity index (χ1n) is 5.50. The summed E-state index contributed by atoms with van der Waals surface area (Å²) in [5.74, 6) is 5.10. The van der Waals surface area contributed by atoms with Gasteiger partial charge in [0.05, 0.1) is 6.61 Å². The molecule has 2 rings (SSSR count). The first-order valence-corrected chi connectivity index (χ1v) is 5.50. The van der Waals surface area contributed by atoms with Crippen LogP contribution >= 0.6 is 0 Å². The summed E-state index contributed by atoms with van der Waals surface area (Å²) in [5, 5.41) is 9.09. The van der Waals surface area contributed by atoms with E-state index in [1.807, 2.05) is 0 Å². The van der Waals surface area contributed by atoms with Gasteiger partial charge in [0.1, 0.15) is 18.4 Å². The standard InChI is InChI=1S/C10H15N3O5/c1-5-3-13(10(16)12-9(5)15)8-2-6(18-11)7(4-14)17-8/h3,6-8,14H,2,4,11H2,1H3,(H,12,15,16)/t6-,7+,8+/m1/s1. The van der Waals surface area contributed by atoms with E-state index in [1.165, 1.54) is 10.8 Å². The first kappa shape index (κ1) is 13.0. The van der Waals surface area contributed by atoms with Crippen LogP contribution in [0.4, 0.5) is 0 Å². The maximum atomic E-state index is 11.7. The van der Waals surface area contributed by atoms with Gasteiger partial charge in [0.15, 0.2) is 0 Å². The van der Waals surface area contributed by atoms with Crippen molar-refractivity contribution in [2.75, 3.05) is 6.61 Å². The summed E-state index contributed by atoms with van der Waals surface area (Å²) in [6.45, 7) is 1.33. The molecule has 0 radical (unpaired) electrons. The molecule has 100 valence electrons. The fourth-order valence-electron chi connectivity index (χ4n) is 1.98. The Balaban J connectivity index is 2.31. The van der Waals surface area contributed by atoms with Gasteiger partial charge in [-0.15, -0.1) is 0 Å². The third-order valence-electron chi connectivity index (χ3n) is 2.99. The smallest absolute Gasteiger partial charge is 0.330 e. The van der Waals surface area contributed by atoms with E-state index in [2.05, 4.69) is 9.82 Å². The SMILES string of the molecule is Cc1cn([C@@H]2C[C@@H](ON)[C@H](CO)O2)c(=O)[nH]c1=O. The fourth-order valence-corrected chi connectivity index (χ4v) is 1.98. The molecule has 0 bridgehead atoms. The molecule has 8 heteroatoms. The molecule has 1 saturated heterocycles. The quantitative estimate of drug-likeness (QED) is 0.560. The summed E-state index contributed by atoms with van der Waals surface area (Å²) in [4.78, 5) is 29.8. The number of ether oxygens (including phenoxy) is 1. The molecule has 1 aromatic rings. The molecule has 1 aromatic heterocycles. The zero-order valence-electron chi connectivity index (χ0n) is 9.83. The summed E-state index contributed by atoms with van der Waals surface area (Å²) < 4.78 is 6.72. The Hall–Kier alpha value is -1.48. The molecule has 0 spiro atoms. The Morgan fingerprint density at radius 2 is 2.39 bits per heavy atom. The maximum Gasteiger partial charge on any atom is 0.330 e. The van der Waals surface area contributed by atoms with Crippen LogP contribution in [-0.4, -0.2) is 33.5 Å². The molecular formula is C10H15N3O5. The topological polar surface area (TPSA) is 120 Å². The fraction of sp³-hybridized carbons (Fsp3) is 0.600. The van der Waals surface area contributed by atoms with Gasteiger partial charge in [-0.25, -0.2) is 10.7 Å². The Morgan fingerprint density at radius 1 is 1.67 bits per heavy atom. The number of nitrogens with one attached hydrogen (secondary N) is 1. The number of aromatic amines is 1. The number of rotatable bonds is 3. The minimum Gasteiger partial charge on any atom is -0.394 e. The van der Waals surface area contributed by atoms with Crippen molar-refractivity contribution in [2.45, 2.75) is 31.8 Å². The monoisotopic (exact) mass is 257 g/mol. The predicted octanol–water partition coefficient (Wildman–Crippen LogP) is -1.62. The van der Waals surface area contributed by atoms with Crippen molar-refractivity contribution in [3.8, 4) is 0 Å². The third kappa shape index (κ3) is 2.23. The molecular weight excluding hydrogens is 242 g/mol. The van der Waals surface area contributed by atoms with Crippen molar-refractivity contribution in [3.63, 3.8) is 0 Å². The van der Waals surface area contributed by atoms with E-state index in [0.29, 0.717) is 12.0 Å². The van der Waals surface area contributed by atoms with Gasteiger partial charge in [-0.3, -0.25) is 19.2 Å². The number of hydrogen-bond acceptors (Lipinski definition) is 6. The van der Waals surface area contributed by atoms with E-state index < -0.39 is 29.7 Å². The second kappa shape index (κ2) is 5.02. The number of aliphatic hydroxyl groups excluding tert-OH is 1. The van der Waals surface area contributed by atoms with Crippen LogP contribution in [-0.2, 0) is 9.57 Å². The van der Waals surface area contributed by atoms with E-state index in [1.54, 1.807) is 6.92 Å². The van der Waals surface area contributed by atoms with Gasteiger partial charge in [0, 0.05) is 18.2 Å². The molecule has 18 heavy (non-hydrogen) atoms. The highest BCUT2D eigenvalue weighted by molar-refractivity contribution is 5.02. The second-order valence-electron chi connectivity index (χ2n) is 4.20. The molecule has 0 unspecified atom stereocenters. The molecule has 0 aromatic carbocycles. The van der Waals surface area contributed by atoms with Gasteiger partial charge in [-0.2, -0.15) is 0 Å². The lowest BCUT2D eigenvalue weighted by Crippen LogP contribution is -2.33. The van der Waals surface area contributed by atoms with Gasteiger partial charge in [0.25, 0.3) is 5.56 Å². The maximum absolute atomic E-state index is 11.7. The van der Waals surface area contributed by atoms with E-state index in [0.717, 1.165) is 0 Å². The summed E-state index contributed by atoms with van der Waals surface area (Å²) in [6, 6.07) is 0. The van der Waals surface area contributed by atoms with Crippen LogP contribution in [0.2, 0.25) is 0 Å². The molecule has 1 fully saturated rings. The number of nitrogens with two attached hydrogens (primary N) is 1. The van der Waals surface area contributed by atoms with E-state index in [-0.39, 0.29) is 6.61 Å². The van der Waals surface area contributed by atoms with Crippen molar-refractivity contribution in [2.24, 2.45) is 5.90 Å². The summed E-state index contributed by atoms with van der Waals surface area (Å²) in [5.41, 5.74) is -0.597. The lowest BCUT2D eigenvalue weighted by Gasteiger charge is -2.14. The Labute approximate surface area is 102 Å². The highest BCUT2D eigenvalue weighted by Crippen LogP contribution is 2.28. The van der Waals surface area contributed by atoms with Gasteiger partial charge < -0.3 is 9.84 Å². The minimum atomic E-state index is -0.612. The Kier molecular flexibility index (Phi) is 3.62. The highest BCUT2D eigenvalue weighted by Gasteiger charge is 2.37. The third-order valence-corrected chi connectivity index (χ3v) is 2.99. The molecule has 0 amide bonds. The summed E-state index contributed by atoms with van der Waals surface area (Å²) in [6.07, 6.45) is 0.0590. The molecule has 2 heterocycles. The van der Waals surface area contributed by atoms with Gasteiger partial charge in [-0.1, -0.05) is 0 Å². The number of aryl methyl sites for hydroxylation is 1. The summed E-state index contributed by atoms with van der Waals surface area (Å²) >= 11 is 0. The molecule has 1 aliphatic rings. The minimum absolute atomic E-state index is 0.255. The molecule has 0 aliphatic carbocycles. The molecule has 4 N–H and O–H groups in total. The molecule has 8 nitrogen and oxygen atoms in total. The van der Waals surface area contributed by atoms with Gasteiger partial charge >= 0.3 is 5.69 Å². The number of aromatic nitrogens is 2. The van der Waals surface area contributed by atoms with Crippen LogP contribution < -0.4 is 17.1 Å². The largest absolute Gasteiger partial charge is 0.394 e. The van der Waals surface area contributed by atoms with Crippen LogP contribution in [0.25, 0.3) is 0 Å². The highest BCUT2D eigenvalue weighted by atomic mass is 16.7. The number of H-pyrrole nitrogens is 1. The number of nitrogens with zero attached hydrogens (tertiary/aromatic N) is 1. The van der Waals surface area contributed by atoms with E-state index in [4.69, 9.17) is 15.7 Å². The number of hydrogen-bond donors (Lipinski definition) is 3. The first-order chi connectivity index (χ1) is 8.56. The summed E-state index contributed by atoms with van der Waals surface area (Å²) in [7, 11) is 0. The zero-order valence-corrected chi connectivity index (χ0v) is 9.83. The molecule has 1 aliphatic heterocycles. The van der Waals surface area contributed by atoms with Crippen molar-refractivity contribution < 1.29 is 14.7 Å². The van der Waals surface area contributed by atoms with Crippen molar-refractivity contribution in [1.82, 2.24) is 9.55 Å². The van der Waals surface area contributed by atoms with Crippen LogP contribution in [0.5, 0.6) is 0 Å². The molecule has 0 saturated carbocycles. The zero-order chi connectivity index (χ0) is 13.3. The van der Waals surface area contributed by atoms with Gasteiger partial charge in [0.2, 0.25) is 0 Å². The Bertz CT molecular complexity index is 525. The van der Waals surface area contributed by atoms with Crippen LogP contribution in [0.3, 0.4) is 0 Å².